The maximum absolute atomic E-state index is 6.36. The Morgan fingerprint density at radius 1 is 0.944 bits per heavy atom. The Labute approximate surface area is 114 Å². The van der Waals surface area contributed by atoms with Crippen LogP contribution >= 0.6 is 0 Å². The number of rotatable bonds is 6. The van der Waals surface area contributed by atoms with Crippen molar-refractivity contribution in [3.05, 3.63) is 0 Å². The van der Waals surface area contributed by atoms with Crippen LogP contribution in [0, 0.1) is 17.8 Å². The van der Waals surface area contributed by atoms with Crippen LogP contribution in [0.25, 0.3) is 0 Å². The quantitative estimate of drug-likeness (QED) is 0.735. The molecule has 0 aromatic heterocycles. The summed E-state index contributed by atoms with van der Waals surface area (Å²) < 4.78 is 0. The lowest BCUT2D eigenvalue weighted by Gasteiger charge is -2.32. The Balaban J connectivity index is 2.51. The summed E-state index contributed by atoms with van der Waals surface area (Å²) in [6, 6.07) is 0.439. The first-order valence-electron chi connectivity index (χ1n) is 7.97. The molecular formula is C16H34N2. The smallest absolute Gasteiger partial charge is 0.00793 e. The highest BCUT2D eigenvalue weighted by molar-refractivity contribution is 4.80. The number of hydrogen-bond acceptors (Lipinski definition) is 2. The first-order valence-corrected chi connectivity index (χ1v) is 7.97. The minimum absolute atomic E-state index is 0.439. The SMILES string of the molecule is CC(C)CN(CC(C)C)CC1CCCCCC1N. The average molecular weight is 254 g/mol. The topological polar surface area (TPSA) is 29.3 Å². The zero-order chi connectivity index (χ0) is 13.5. The maximum Gasteiger partial charge on any atom is 0.00793 e. The molecule has 1 saturated carbocycles. The van der Waals surface area contributed by atoms with E-state index in [9.17, 15) is 0 Å². The molecule has 0 heterocycles. The maximum atomic E-state index is 6.36. The van der Waals surface area contributed by atoms with Crippen LogP contribution in [0.5, 0.6) is 0 Å². The van der Waals surface area contributed by atoms with Crippen molar-refractivity contribution in [2.45, 2.75) is 65.8 Å². The molecule has 0 aromatic rings. The van der Waals surface area contributed by atoms with E-state index in [1.807, 2.05) is 0 Å². The highest BCUT2D eigenvalue weighted by Crippen LogP contribution is 2.23. The molecule has 2 N–H and O–H groups in total. The van der Waals surface area contributed by atoms with Crippen LogP contribution in [-0.4, -0.2) is 30.6 Å². The summed E-state index contributed by atoms with van der Waals surface area (Å²) in [5, 5.41) is 0. The minimum atomic E-state index is 0.439. The molecule has 0 saturated heterocycles. The van der Waals surface area contributed by atoms with Crippen molar-refractivity contribution in [2.24, 2.45) is 23.5 Å². The Hall–Kier alpha value is -0.0800. The van der Waals surface area contributed by atoms with Gasteiger partial charge in [0.05, 0.1) is 0 Å². The third-order valence-electron chi connectivity index (χ3n) is 3.96. The van der Waals surface area contributed by atoms with E-state index < -0.39 is 0 Å². The van der Waals surface area contributed by atoms with E-state index >= 15 is 0 Å². The van der Waals surface area contributed by atoms with Gasteiger partial charge in [0, 0.05) is 25.7 Å². The van der Waals surface area contributed by atoms with Crippen LogP contribution in [0.3, 0.4) is 0 Å². The fourth-order valence-electron chi connectivity index (χ4n) is 3.23. The first-order chi connectivity index (χ1) is 8.49. The number of hydrogen-bond donors (Lipinski definition) is 1. The van der Waals surface area contributed by atoms with Crippen molar-refractivity contribution in [3.8, 4) is 0 Å². The van der Waals surface area contributed by atoms with Gasteiger partial charge in [-0.1, -0.05) is 47.0 Å². The number of nitrogens with zero attached hydrogens (tertiary/aromatic N) is 1. The van der Waals surface area contributed by atoms with Crippen molar-refractivity contribution in [1.29, 1.82) is 0 Å². The average Bonchev–Trinajstić information content (AvgIpc) is 2.42. The van der Waals surface area contributed by atoms with E-state index in [0.29, 0.717) is 6.04 Å². The van der Waals surface area contributed by atoms with Gasteiger partial charge in [-0.3, -0.25) is 0 Å². The second-order valence-electron chi connectivity index (χ2n) is 7.07. The minimum Gasteiger partial charge on any atom is -0.327 e. The van der Waals surface area contributed by atoms with Crippen molar-refractivity contribution in [1.82, 2.24) is 4.90 Å². The van der Waals surface area contributed by atoms with E-state index in [4.69, 9.17) is 5.73 Å². The van der Waals surface area contributed by atoms with Crippen molar-refractivity contribution in [2.75, 3.05) is 19.6 Å². The highest BCUT2D eigenvalue weighted by Gasteiger charge is 2.23. The van der Waals surface area contributed by atoms with Crippen LogP contribution in [0.15, 0.2) is 0 Å². The lowest BCUT2D eigenvalue weighted by Crippen LogP contribution is -2.41. The monoisotopic (exact) mass is 254 g/mol. The van der Waals surface area contributed by atoms with E-state index in [-0.39, 0.29) is 0 Å². The molecular weight excluding hydrogens is 220 g/mol. The second-order valence-corrected chi connectivity index (χ2v) is 7.07. The molecule has 1 aliphatic carbocycles. The molecule has 18 heavy (non-hydrogen) atoms. The first kappa shape index (κ1) is 16.0. The van der Waals surface area contributed by atoms with Crippen molar-refractivity contribution in [3.63, 3.8) is 0 Å². The molecule has 2 unspecified atom stereocenters. The summed E-state index contributed by atoms with van der Waals surface area (Å²) in [6.45, 7) is 12.9. The van der Waals surface area contributed by atoms with Gasteiger partial charge in [0.1, 0.15) is 0 Å². The van der Waals surface area contributed by atoms with E-state index in [1.165, 1.54) is 51.7 Å². The summed E-state index contributed by atoms with van der Waals surface area (Å²) in [7, 11) is 0. The van der Waals surface area contributed by atoms with Gasteiger partial charge >= 0.3 is 0 Å². The zero-order valence-corrected chi connectivity index (χ0v) is 13.0. The van der Waals surface area contributed by atoms with Crippen LogP contribution < -0.4 is 5.73 Å². The van der Waals surface area contributed by atoms with Gasteiger partial charge in [-0.15, -0.1) is 0 Å². The Kier molecular flexibility index (Phi) is 7.25. The van der Waals surface area contributed by atoms with Gasteiger partial charge < -0.3 is 10.6 Å². The molecule has 2 nitrogen and oxygen atoms in total. The summed E-state index contributed by atoms with van der Waals surface area (Å²) in [4.78, 5) is 2.66. The lowest BCUT2D eigenvalue weighted by molar-refractivity contribution is 0.171. The molecule has 0 spiro atoms. The van der Waals surface area contributed by atoms with Gasteiger partial charge in [0.15, 0.2) is 0 Å². The largest absolute Gasteiger partial charge is 0.327 e. The Bertz CT molecular complexity index is 203. The normalized spacial score (nSPS) is 26.0. The van der Waals surface area contributed by atoms with E-state index in [1.54, 1.807) is 0 Å². The molecule has 0 aliphatic heterocycles. The molecule has 0 bridgehead atoms. The molecule has 0 aromatic carbocycles. The van der Waals surface area contributed by atoms with Crippen LogP contribution in [0.4, 0.5) is 0 Å². The molecule has 1 aliphatic rings. The third-order valence-corrected chi connectivity index (χ3v) is 3.96. The molecule has 1 rings (SSSR count). The summed E-state index contributed by atoms with van der Waals surface area (Å²) >= 11 is 0. The van der Waals surface area contributed by atoms with Crippen LogP contribution in [0.2, 0.25) is 0 Å². The zero-order valence-electron chi connectivity index (χ0n) is 13.0. The van der Waals surface area contributed by atoms with Gasteiger partial charge in [0.2, 0.25) is 0 Å². The molecule has 2 atom stereocenters. The van der Waals surface area contributed by atoms with Gasteiger partial charge in [-0.2, -0.15) is 0 Å². The predicted octanol–water partition coefficient (Wildman–Crippen LogP) is 3.51. The van der Waals surface area contributed by atoms with Crippen LogP contribution in [0.1, 0.15) is 59.8 Å². The van der Waals surface area contributed by atoms with E-state index in [2.05, 4.69) is 32.6 Å². The Morgan fingerprint density at radius 2 is 1.50 bits per heavy atom. The molecule has 0 amide bonds. The summed E-state index contributed by atoms with van der Waals surface area (Å²) in [5.74, 6) is 2.24. The predicted molar refractivity (Wildman–Crippen MR) is 80.7 cm³/mol. The third kappa shape index (κ3) is 6.19. The van der Waals surface area contributed by atoms with E-state index in [0.717, 1.165) is 17.8 Å². The second kappa shape index (κ2) is 8.16. The standard InChI is InChI=1S/C16H34N2/c1-13(2)10-18(11-14(3)4)12-15-8-6-5-7-9-16(15)17/h13-16H,5-12,17H2,1-4H3. The molecule has 108 valence electrons. The molecule has 0 radical (unpaired) electrons. The van der Waals surface area contributed by atoms with Crippen molar-refractivity contribution >= 4 is 0 Å². The van der Waals surface area contributed by atoms with Gasteiger partial charge in [-0.05, 0) is 30.6 Å². The van der Waals surface area contributed by atoms with Crippen molar-refractivity contribution < 1.29 is 0 Å². The van der Waals surface area contributed by atoms with Gasteiger partial charge in [0.25, 0.3) is 0 Å². The fraction of sp³-hybridized carbons (Fsp3) is 1.00. The molecule has 2 heteroatoms. The number of nitrogens with two attached hydrogens (primary N) is 1. The summed E-state index contributed by atoms with van der Waals surface area (Å²) in [5.41, 5.74) is 6.36. The Morgan fingerprint density at radius 3 is 2.06 bits per heavy atom. The fourth-order valence-corrected chi connectivity index (χ4v) is 3.23. The van der Waals surface area contributed by atoms with Crippen LogP contribution in [-0.2, 0) is 0 Å². The molecule has 1 fully saturated rings. The van der Waals surface area contributed by atoms with Gasteiger partial charge in [-0.25, -0.2) is 0 Å². The summed E-state index contributed by atoms with van der Waals surface area (Å²) in [6.07, 6.45) is 6.69. The lowest BCUT2D eigenvalue weighted by atomic mass is 9.94. The highest BCUT2D eigenvalue weighted by atomic mass is 15.1.